The fourth-order valence-electron chi connectivity index (χ4n) is 0.891. The molecule has 12 heavy (non-hydrogen) atoms. The van der Waals surface area contributed by atoms with Gasteiger partial charge < -0.3 is 14.7 Å². The highest BCUT2D eigenvalue weighted by Gasteiger charge is 2.06. The monoisotopic (exact) mass is 175 g/mol. The van der Waals surface area contributed by atoms with Gasteiger partial charge in [-0.2, -0.15) is 0 Å². The average molecular weight is 175 g/mol. The molecule has 0 aromatic rings. The Kier molecular flexibility index (Phi) is 5.66. The van der Waals surface area contributed by atoms with E-state index >= 15 is 0 Å². The molecule has 0 aromatic carbocycles. The summed E-state index contributed by atoms with van der Waals surface area (Å²) in [6, 6.07) is 0. The first-order chi connectivity index (χ1) is 5.56. The molecule has 0 fully saturated rings. The number of hydrogen-bond donors (Lipinski definition) is 1. The Morgan fingerprint density at radius 2 is 2.25 bits per heavy atom. The van der Waals surface area contributed by atoms with Crippen molar-refractivity contribution in [2.45, 2.75) is 19.4 Å². The first kappa shape index (κ1) is 11.4. The average Bonchev–Trinajstić information content (AvgIpc) is 2.00. The summed E-state index contributed by atoms with van der Waals surface area (Å²) in [6.45, 7) is 3.30. The predicted octanol–water partition coefficient (Wildman–Crippen LogP) is 0.428. The molecule has 0 spiro atoms. The highest BCUT2D eigenvalue weighted by molar-refractivity contribution is 5.66. The number of carbonyl (C=O) groups is 1. The van der Waals surface area contributed by atoms with Crippen LogP contribution in [0.1, 0.15) is 13.3 Å². The lowest BCUT2D eigenvalue weighted by molar-refractivity contribution is -0.137. The maximum atomic E-state index is 10.2. The third-order valence-corrected chi connectivity index (χ3v) is 1.68. The van der Waals surface area contributed by atoms with Gasteiger partial charge in [0.25, 0.3) is 0 Å². The van der Waals surface area contributed by atoms with Gasteiger partial charge in [-0.25, -0.2) is 0 Å². The molecule has 0 saturated heterocycles. The van der Waals surface area contributed by atoms with Gasteiger partial charge in [-0.15, -0.1) is 0 Å². The zero-order chi connectivity index (χ0) is 9.56. The number of carboxylic acid groups (broad SMARTS) is 1. The van der Waals surface area contributed by atoms with E-state index < -0.39 is 5.97 Å². The molecule has 0 aliphatic heterocycles. The van der Waals surface area contributed by atoms with E-state index in [1.54, 1.807) is 7.11 Å². The van der Waals surface area contributed by atoms with Gasteiger partial charge in [0.1, 0.15) is 0 Å². The molecule has 0 radical (unpaired) electrons. The van der Waals surface area contributed by atoms with Crippen molar-refractivity contribution in [3.8, 4) is 0 Å². The molecule has 0 amide bonds. The van der Waals surface area contributed by atoms with Crippen molar-refractivity contribution in [1.82, 2.24) is 4.90 Å². The molecule has 0 bridgehead atoms. The smallest absolute Gasteiger partial charge is 0.304 e. The summed E-state index contributed by atoms with van der Waals surface area (Å²) in [5.74, 6) is -0.757. The summed E-state index contributed by atoms with van der Waals surface area (Å²) >= 11 is 0. The van der Waals surface area contributed by atoms with Crippen LogP contribution < -0.4 is 0 Å². The molecule has 0 heterocycles. The largest absolute Gasteiger partial charge is 0.481 e. The van der Waals surface area contributed by atoms with Crippen molar-refractivity contribution in [3.63, 3.8) is 0 Å². The fraction of sp³-hybridized carbons (Fsp3) is 0.875. The van der Waals surface area contributed by atoms with E-state index in [1.807, 2.05) is 18.9 Å². The first-order valence-corrected chi connectivity index (χ1v) is 3.99. The van der Waals surface area contributed by atoms with Gasteiger partial charge in [-0.1, -0.05) is 0 Å². The van der Waals surface area contributed by atoms with Crippen molar-refractivity contribution in [3.05, 3.63) is 0 Å². The fourth-order valence-corrected chi connectivity index (χ4v) is 0.891. The Morgan fingerprint density at radius 1 is 1.67 bits per heavy atom. The van der Waals surface area contributed by atoms with E-state index in [4.69, 9.17) is 9.84 Å². The van der Waals surface area contributed by atoms with Gasteiger partial charge in [0.15, 0.2) is 0 Å². The SMILES string of the molecule is COC(C)CN(C)CCC(=O)O. The van der Waals surface area contributed by atoms with Crippen LogP contribution >= 0.6 is 0 Å². The molecule has 0 rings (SSSR count). The Bertz CT molecular complexity index is 138. The van der Waals surface area contributed by atoms with E-state index in [-0.39, 0.29) is 12.5 Å². The quantitative estimate of drug-likeness (QED) is 0.636. The van der Waals surface area contributed by atoms with Crippen LogP contribution in [-0.4, -0.2) is 49.3 Å². The number of aliphatic carboxylic acids is 1. The summed E-state index contributed by atoms with van der Waals surface area (Å²) in [4.78, 5) is 12.1. The van der Waals surface area contributed by atoms with Crippen LogP contribution in [0.5, 0.6) is 0 Å². The predicted molar refractivity (Wildman–Crippen MR) is 46.2 cm³/mol. The second-order valence-electron chi connectivity index (χ2n) is 2.95. The number of likely N-dealkylation sites (N-methyl/N-ethyl adjacent to an activating group) is 1. The molecule has 72 valence electrons. The summed E-state index contributed by atoms with van der Waals surface area (Å²) in [5.41, 5.74) is 0. The first-order valence-electron chi connectivity index (χ1n) is 3.99. The van der Waals surface area contributed by atoms with Crippen LogP contribution in [0.4, 0.5) is 0 Å². The lowest BCUT2D eigenvalue weighted by atomic mass is 10.3. The van der Waals surface area contributed by atoms with Crippen LogP contribution in [0.15, 0.2) is 0 Å². The normalized spacial score (nSPS) is 13.3. The third kappa shape index (κ3) is 6.12. The lowest BCUT2D eigenvalue weighted by Gasteiger charge is -2.19. The maximum absolute atomic E-state index is 10.2. The van der Waals surface area contributed by atoms with Crippen molar-refractivity contribution in [2.75, 3.05) is 27.2 Å². The minimum Gasteiger partial charge on any atom is -0.481 e. The summed E-state index contributed by atoms with van der Waals surface area (Å²) in [7, 11) is 3.54. The Hall–Kier alpha value is -0.610. The summed E-state index contributed by atoms with van der Waals surface area (Å²) in [5, 5.41) is 8.40. The standard InChI is InChI=1S/C8H17NO3/c1-7(12-3)6-9(2)5-4-8(10)11/h7H,4-6H2,1-3H3,(H,10,11). The van der Waals surface area contributed by atoms with Gasteiger partial charge in [-0.3, -0.25) is 4.79 Å². The van der Waals surface area contributed by atoms with E-state index in [9.17, 15) is 4.79 Å². The van der Waals surface area contributed by atoms with E-state index in [2.05, 4.69) is 0 Å². The summed E-state index contributed by atoms with van der Waals surface area (Å²) in [6.07, 6.45) is 0.344. The highest BCUT2D eigenvalue weighted by atomic mass is 16.5. The zero-order valence-electron chi connectivity index (χ0n) is 7.91. The van der Waals surface area contributed by atoms with Crippen molar-refractivity contribution >= 4 is 5.97 Å². The van der Waals surface area contributed by atoms with Crippen molar-refractivity contribution in [2.24, 2.45) is 0 Å². The van der Waals surface area contributed by atoms with E-state index in [0.717, 1.165) is 6.54 Å². The molecule has 0 aliphatic rings. The number of hydrogen-bond acceptors (Lipinski definition) is 3. The highest BCUT2D eigenvalue weighted by Crippen LogP contribution is 1.93. The number of methoxy groups -OCH3 is 1. The molecule has 0 saturated carbocycles. The van der Waals surface area contributed by atoms with Gasteiger partial charge in [-0.05, 0) is 14.0 Å². The molecule has 4 nitrogen and oxygen atoms in total. The lowest BCUT2D eigenvalue weighted by Crippen LogP contribution is -2.30. The van der Waals surface area contributed by atoms with Crippen LogP contribution in [0, 0.1) is 0 Å². The van der Waals surface area contributed by atoms with Gasteiger partial charge in [0, 0.05) is 20.2 Å². The molecule has 0 aliphatic carbocycles. The minimum atomic E-state index is -0.757. The van der Waals surface area contributed by atoms with Gasteiger partial charge in [0.2, 0.25) is 0 Å². The zero-order valence-corrected chi connectivity index (χ0v) is 7.91. The van der Waals surface area contributed by atoms with Crippen LogP contribution in [0.25, 0.3) is 0 Å². The number of rotatable bonds is 6. The summed E-state index contributed by atoms with van der Waals surface area (Å²) < 4.78 is 5.04. The molecule has 1 unspecified atom stereocenters. The van der Waals surface area contributed by atoms with Gasteiger partial charge in [0.05, 0.1) is 12.5 Å². The molecular weight excluding hydrogens is 158 g/mol. The minimum absolute atomic E-state index is 0.156. The van der Waals surface area contributed by atoms with Crippen molar-refractivity contribution in [1.29, 1.82) is 0 Å². The second kappa shape index (κ2) is 5.97. The second-order valence-corrected chi connectivity index (χ2v) is 2.95. The Balaban J connectivity index is 3.45. The molecule has 4 heteroatoms. The number of carboxylic acids is 1. The molecule has 1 N–H and O–H groups in total. The molecule has 0 aromatic heterocycles. The van der Waals surface area contributed by atoms with Crippen molar-refractivity contribution < 1.29 is 14.6 Å². The Labute approximate surface area is 73.1 Å². The maximum Gasteiger partial charge on any atom is 0.304 e. The topological polar surface area (TPSA) is 49.8 Å². The van der Waals surface area contributed by atoms with Gasteiger partial charge >= 0.3 is 5.97 Å². The number of nitrogens with zero attached hydrogens (tertiary/aromatic N) is 1. The Morgan fingerprint density at radius 3 is 2.67 bits per heavy atom. The molecular formula is C8H17NO3. The third-order valence-electron chi connectivity index (χ3n) is 1.68. The number of ether oxygens (including phenoxy) is 1. The van der Waals surface area contributed by atoms with E-state index in [1.165, 1.54) is 0 Å². The van der Waals surface area contributed by atoms with Crippen LogP contribution in [0.3, 0.4) is 0 Å². The van der Waals surface area contributed by atoms with E-state index in [0.29, 0.717) is 6.54 Å². The van der Waals surface area contributed by atoms with Crippen LogP contribution in [-0.2, 0) is 9.53 Å². The molecule has 1 atom stereocenters. The van der Waals surface area contributed by atoms with Crippen LogP contribution in [0.2, 0.25) is 0 Å².